The molecule has 0 spiro atoms. The van der Waals surface area contributed by atoms with Crippen LogP contribution in [0.2, 0.25) is 0 Å². The lowest BCUT2D eigenvalue weighted by atomic mass is 10.2. The maximum Gasteiger partial charge on any atom is 0.329 e. The fourth-order valence-corrected chi connectivity index (χ4v) is 2.30. The summed E-state index contributed by atoms with van der Waals surface area (Å²) in [5, 5.41) is 18.6. The lowest BCUT2D eigenvalue weighted by Crippen LogP contribution is -2.17. The maximum atomic E-state index is 10.7. The second-order valence-corrected chi connectivity index (χ2v) is 4.15. The normalized spacial score (nSPS) is 20.0. The smallest absolute Gasteiger partial charge is 0.329 e. The second kappa shape index (κ2) is 3.94. The average Bonchev–Trinajstić information content (AvgIpc) is 2.68. The third kappa shape index (κ3) is 2.12. The molecule has 5 heteroatoms. The van der Waals surface area contributed by atoms with Gasteiger partial charge in [0.1, 0.15) is 5.75 Å². The number of aliphatic imine (C=N–C) groups is 1. The molecule has 1 heterocycles. The molecule has 0 fully saturated rings. The first kappa shape index (κ1) is 10.0. The third-order valence-corrected chi connectivity index (χ3v) is 3.15. The zero-order chi connectivity index (χ0) is 10.8. The van der Waals surface area contributed by atoms with Crippen LogP contribution >= 0.6 is 11.8 Å². The first-order chi connectivity index (χ1) is 7.16. The van der Waals surface area contributed by atoms with Gasteiger partial charge in [-0.3, -0.25) is 4.99 Å². The molecule has 15 heavy (non-hydrogen) atoms. The Hall–Kier alpha value is -1.49. The number of hydrogen-bond donors (Lipinski definition) is 2. The number of carboxylic acids is 1. The van der Waals surface area contributed by atoms with Gasteiger partial charge in [-0.2, -0.15) is 0 Å². The molecule has 2 N–H and O–H groups in total. The molecule has 4 nitrogen and oxygen atoms in total. The molecular weight excluding hydrogens is 214 g/mol. The molecule has 2 rings (SSSR count). The number of hydrogen-bond acceptors (Lipinski definition) is 4. The van der Waals surface area contributed by atoms with Crippen LogP contribution in [0.1, 0.15) is 5.56 Å². The SMILES string of the molecule is O=C(O)[C@H]1CSC(c2ccc(O)cc2)=N1. The van der Waals surface area contributed by atoms with Gasteiger partial charge in [-0.15, -0.1) is 11.8 Å². The van der Waals surface area contributed by atoms with Crippen molar-refractivity contribution in [3.63, 3.8) is 0 Å². The van der Waals surface area contributed by atoms with Crippen molar-refractivity contribution in [2.75, 3.05) is 5.75 Å². The third-order valence-electron chi connectivity index (χ3n) is 2.05. The molecule has 0 aliphatic carbocycles. The molecule has 0 amide bonds. The zero-order valence-corrected chi connectivity index (χ0v) is 8.57. The van der Waals surface area contributed by atoms with E-state index in [1.54, 1.807) is 24.3 Å². The first-order valence-electron chi connectivity index (χ1n) is 4.39. The number of phenols is 1. The number of carbonyl (C=O) groups is 1. The lowest BCUT2D eigenvalue weighted by molar-refractivity contribution is -0.137. The van der Waals surface area contributed by atoms with Crippen molar-refractivity contribution in [1.82, 2.24) is 0 Å². The van der Waals surface area contributed by atoms with Crippen molar-refractivity contribution >= 4 is 22.8 Å². The van der Waals surface area contributed by atoms with E-state index in [9.17, 15) is 4.79 Å². The molecule has 0 saturated carbocycles. The Morgan fingerprint density at radius 3 is 2.60 bits per heavy atom. The highest BCUT2D eigenvalue weighted by Crippen LogP contribution is 2.24. The average molecular weight is 223 g/mol. The highest BCUT2D eigenvalue weighted by molar-refractivity contribution is 8.14. The van der Waals surface area contributed by atoms with E-state index < -0.39 is 12.0 Å². The number of phenolic OH excluding ortho intramolecular Hbond substituents is 1. The van der Waals surface area contributed by atoms with E-state index in [4.69, 9.17) is 10.2 Å². The van der Waals surface area contributed by atoms with Gasteiger partial charge in [0.05, 0.1) is 5.04 Å². The van der Waals surface area contributed by atoms with Crippen LogP contribution in [-0.2, 0) is 4.79 Å². The molecular formula is C10H9NO3S. The number of thioether (sulfide) groups is 1. The van der Waals surface area contributed by atoms with Crippen LogP contribution in [0.4, 0.5) is 0 Å². The summed E-state index contributed by atoms with van der Waals surface area (Å²) >= 11 is 1.43. The van der Waals surface area contributed by atoms with E-state index >= 15 is 0 Å². The van der Waals surface area contributed by atoms with Crippen LogP contribution < -0.4 is 0 Å². The minimum absolute atomic E-state index is 0.192. The van der Waals surface area contributed by atoms with Crippen molar-refractivity contribution in [2.45, 2.75) is 6.04 Å². The van der Waals surface area contributed by atoms with Crippen LogP contribution in [0.5, 0.6) is 5.75 Å². The first-order valence-corrected chi connectivity index (χ1v) is 5.38. The number of nitrogens with zero attached hydrogens (tertiary/aromatic N) is 1. The molecule has 1 aromatic rings. The van der Waals surface area contributed by atoms with E-state index in [0.717, 1.165) is 10.6 Å². The Morgan fingerprint density at radius 2 is 2.07 bits per heavy atom. The molecule has 0 bridgehead atoms. The number of aromatic hydroxyl groups is 1. The molecule has 1 atom stereocenters. The quantitative estimate of drug-likeness (QED) is 0.793. The van der Waals surface area contributed by atoms with E-state index in [2.05, 4.69) is 4.99 Å². The monoisotopic (exact) mass is 223 g/mol. The molecule has 1 aliphatic rings. The second-order valence-electron chi connectivity index (χ2n) is 3.15. The van der Waals surface area contributed by atoms with Gasteiger partial charge in [-0.25, -0.2) is 4.79 Å². The molecule has 78 valence electrons. The largest absolute Gasteiger partial charge is 0.508 e. The zero-order valence-electron chi connectivity index (χ0n) is 7.75. The Balaban J connectivity index is 2.22. The van der Waals surface area contributed by atoms with Crippen LogP contribution in [0.3, 0.4) is 0 Å². The molecule has 1 aliphatic heterocycles. The summed E-state index contributed by atoms with van der Waals surface area (Å²) in [6.45, 7) is 0. The summed E-state index contributed by atoms with van der Waals surface area (Å²) in [5.74, 6) is -0.223. The Labute approximate surface area is 90.7 Å². The standard InChI is InChI=1S/C10H9NO3S/c12-7-3-1-6(2-4-7)9-11-8(5-15-9)10(13)14/h1-4,8,12H,5H2,(H,13,14)/t8-/m1/s1. The lowest BCUT2D eigenvalue weighted by Gasteiger charge is -1.98. The number of aliphatic carboxylic acids is 1. The van der Waals surface area contributed by atoms with E-state index in [0.29, 0.717) is 5.75 Å². The van der Waals surface area contributed by atoms with Gasteiger partial charge < -0.3 is 10.2 Å². The highest BCUT2D eigenvalue weighted by atomic mass is 32.2. The Bertz CT molecular complexity index is 413. The fraction of sp³-hybridized carbons (Fsp3) is 0.200. The molecule has 0 unspecified atom stereocenters. The van der Waals surface area contributed by atoms with Crippen LogP contribution in [0.15, 0.2) is 29.3 Å². The van der Waals surface area contributed by atoms with Gasteiger partial charge in [0.25, 0.3) is 0 Å². The predicted molar refractivity (Wildman–Crippen MR) is 58.5 cm³/mol. The molecule has 0 saturated heterocycles. The van der Waals surface area contributed by atoms with Crippen molar-refractivity contribution in [1.29, 1.82) is 0 Å². The topological polar surface area (TPSA) is 69.9 Å². The predicted octanol–water partition coefficient (Wildman–Crippen LogP) is 1.34. The summed E-state index contributed by atoms with van der Waals surface area (Å²) in [4.78, 5) is 14.8. The summed E-state index contributed by atoms with van der Waals surface area (Å²) in [7, 11) is 0. The van der Waals surface area contributed by atoms with Crippen LogP contribution in [-0.4, -0.2) is 33.0 Å². The summed E-state index contributed by atoms with van der Waals surface area (Å²) in [5.41, 5.74) is 0.849. The van der Waals surface area contributed by atoms with E-state index in [1.165, 1.54) is 11.8 Å². The number of benzene rings is 1. The summed E-state index contributed by atoms with van der Waals surface area (Å²) < 4.78 is 0. The van der Waals surface area contributed by atoms with Crippen molar-refractivity contribution in [2.24, 2.45) is 4.99 Å². The van der Waals surface area contributed by atoms with Gasteiger partial charge >= 0.3 is 5.97 Å². The van der Waals surface area contributed by atoms with E-state index in [1.807, 2.05) is 0 Å². The fourth-order valence-electron chi connectivity index (χ4n) is 1.26. The maximum absolute atomic E-state index is 10.7. The number of carboxylic acid groups (broad SMARTS) is 1. The van der Waals surface area contributed by atoms with Crippen LogP contribution in [0, 0.1) is 0 Å². The van der Waals surface area contributed by atoms with Gasteiger partial charge in [0.2, 0.25) is 0 Å². The van der Waals surface area contributed by atoms with Crippen molar-refractivity contribution in [3.8, 4) is 5.75 Å². The summed E-state index contributed by atoms with van der Waals surface area (Å²) in [6, 6.07) is 5.94. The number of rotatable bonds is 2. The Morgan fingerprint density at radius 1 is 1.40 bits per heavy atom. The van der Waals surface area contributed by atoms with Crippen molar-refractivity contribution < 1.29 is 15.0 Å². The Kier molecular flexibility index (Phi) is 2.64. The van der Waals surface area contributed by atoms with Crippen molar-refractivity contribution in [3.05, 3.63) is 29.8 Å². The summed E-state index contributed by atoms with van der Waals surface area (Å²) in [6.07, 6.45) is 0. The van der Waals surface area contributed by atoms with Gasteiger partial charge in [0, 0.05) is 11.3 Å². The molecule has 1 aromatic carbocycles. The van der Waals surface area contributed by atoms with E-state index in [-0.39, 0.29) is 5.75 Å². The van der Waals surface area contributed by atoms with Crippen LogP contribution in [0.25, 0.3) is 0 Å². The van der Waals surface area contributed by atoms with Gasteiger partial charge in [-0.1, -0.05) is 0 Å². The van der Waals surface area contributed by atoms with Gasteiger partial charge in [0.15, 0.2) is 6.04 Å². The molecule has 0 radical (unpaired) electrons. The highest BCUT2D eigenvalue weighted by Gasteiger charge is 2.24. The minimum Gasteiger partial charge on any atom is -0.508 e. The van der Waals surface area contributed by atoms with Gasteiger partial charge in [-0.05, 0) is 24.3 Å². The minimum atomic E-state index is -0.892. The molecule has 0 aromatic heterocycles.